The van der Waals surface area contributed by atoms with Crippen molar-refractivity contribution in [1.29, 1.82) is 0 Å². The average Bonchev–Trinajstić information content (AvgIpc) is 2.99. The fourth-order valence-corrected chi connectivity index (χ4v) is 2.27. The van der Waals surface area contributed by atoms with Crippen LogP contribution in [0.1, 0.15) is 5.56 Å². The summed E-state index contributed by atoms with van der Waals surface area (Å²) >= 11 is 2.75. The molecule has 2 aromatic heterocycles. The summed E-state index contributed by atoms with van der Waals surface area (Å²) in [6, 6.07) is 2.06. The van der Waals surface area contributed by atoms with Crippen molar-refractivity contribution in [1.82, 2.24) is 14.1 Å². The maximum absolute atomic E-state index is 9.65. The molecule has 7 heteroatoms. The van der Waals surface area contributed by atoms with Crippen LogP contribution in [0.2, 0.25) is 0 Å². The molecule has 0 aliphatic heterocycles. The van der Waals surface area contributed by atoms with Gasteiger partial charge in [-0.1, -0.05) is 0 Å². The van der Waals surface area contributed by atoms with E-state index in [0.717, 1.165) is 18.3 Å². The van der Waals surface area contributed by atoms with E-state index < -0.39 is 6.10 Å². The molecule has 0 aliphatic rings. The molecule has 2 N–H and O–H groups in total. The molecule has 0 fully saturated rings. The highest BCUT2D eigenvalue weighted by Gasteiger charge is 2.06. The molecule has 0 aliphatic carbocycles. The van der Waals surface area contributed by atoms with Crippen LogP contribution in [0.25, 0.3) is 0 Å². The van der Waals surface area contributed by atoms with Gasteiger partial charge in [0.05, 0.1) is 11.7 Å². The lowest BCUT2D eigenvalue weighted by Crippen LogP contribution is -2.31. The molecule has 0 saturated heterocycles. The number of rotatable bonds is 7. The Morgan fingerprint density at radius 2 is 2.47 bits per heavy atom. The quantitative estimate of drug-likeness (QED) is 0.790. The maximum atomic E-state index is 9.65. The Morgan fingerprint density at radius 3 is 3.18 bits per heavy atom. The van der Waals surface area contributed by atoms with Gasteiger partial charge in [-0.2, -0.15) is 15.7 Å². The predicted octanol–water partition coefficient (Wildman–Crippen LogP) is 1.13. The van der Waals surface area contributed by atoms with E-state index in [2.05, 4.69) is 25.5 Å². The number of thiophene rings is 1. The Morgan fingerprint density at radius 1 is 1.53 bits per heavy atom. The lowest BCUT2D eigenvalue weighted by molar-refractivity contribution is 0.104. The van der Waals surface area contributed by atoms with Gasteiger partial charge in [-0.3, -0.25) is 0 Å². The van der Waals surface area contributed by atoms with Gasteiger partial charge in [0, 0.05) is 13.1 Å². The Bertz CT molecular complexity index is 405. The summed E-state index contributed by atoms with van der Waals surface area (Å²) in [5.41, 5.74) is 1.23. The van der Waals surface area contributed by atoms with E-state index in [-0.39, 0.29) is 6.61 Å². The Labute approximate surface area is 107 Å². The zero-order chi connectivity index (χ0) is 11.9. The van der Waals surface area contributed by atoms with Crippen LogP contribution in [-0.2, 0) is 6.54 Å². The van der Waals surface area contributed by atoms with Gasteiger partial charge in [0.25, 0.3) is 0 Å². The van der Waals surface area contributed by atoms with Crippen molar-refractivity contribution in [3.8, 4) is 5.88 Å². The SMILES string of the molecule is OC(CNCc1ccsc1)COc1cnsn1. The van der Waals surface area contributed by atoms with Gasteiger partial charge >= 0.3 is 0 Å². The molecule has 5 nitrogen and oxygen atoms in total. The highest BCUT2D eigenvalue weighted by atomic mass is 32.1. The monoisotopic (exact) mass is 271 g/mol. The zero-order valence-corrected chi connectivity index (χ0v) is 10.7. The summed E-state index contributed by atoms with van der Waals surface area (Å²) in [6.07, 6.45) is 0.992. The van der Waals surface area contributed by atoms with Gasteiger partial charge in [0.1, 0.15) is 18.9 Å². The predicted molar refractivity (Wildman–Crippen MR) is 67.4 cm³/mol. The van der Waals surface area contributed by atoms with Gasteiger partial charge in [-0.25, -0.2) is 0 Å². The van der Waals surface area contributed by atoms with Crippen molar-refractivity contribution in [2.75, 3.05) is 13.2 Å². The molecule has 0 saturated carbocycles. The fraction of sp³-hybridized carbons (Fsp3) is 0.400. The number of hydrogen-bond acceptors (Lipinski definition) is 7. The molecule has 0 amide bonds. The largest absolute Gasteiger partial charge is 0.473 e. The Hall–Kier alpha value is -1.02. The third-order valence-corrected chi connectivity index (χ3v) is 3.25. The first kappa shape index (κ1) is 12.4. The van der Waals surface area contributed by atoms with E-state index in [1.54, 1.807) is 11.3 Å². The first-order chi connectivity index (χ1) is 8.34. The number of aromatic nitrogens is 2. The minimum absolute atomic E-state index is 0.224. The van der Waals surface area contributed by atoms with Gasteiger partial charge in [-0.15, -0.1) is 4.37 Å². The number of aliphatic hydroxyl groups is 1. The van der Waals surface area contributed by atoms with Gasteiger partial charge < -0.3 is 15.2 Å². The van der Waals surface area contributed by atoms with Crippen molar-refractivity contribution in [3.05, 3.63) is 28.6 Å². The molecular formula is C10H13N3O2S2. The van der Waals surface area contributed by atoms with E-state index in [1.165, 1.54) is 11.8 Å². The Balaban J connectivity index is 1.59. The minimum Gasteiger partial charge on any atom is -0.473 e. The van der Waals surface area contributed by atoms with Crippen molar-refractivity contribution in [3.63, 3.8) is 0 Å². The summed E-state index contributed by atoms with van der Waals surface area (Å²) in [4.78, 5) is 0. The summed E-state index contributed by atoms with van der Waals surface area (Å²) in [5.74, 6) is 0.465. The van der Waals surface area contributed by atoms with E-state index >= 15 is 0 Å². The molecule has 0 radical (unpaired) electrons. The lowest BCUT2D eigenvalue weighted by atomic mass is 10.3. The molecule has 1 atom stereocenters. The average molecular weight is 271 g/mol. The number of nitrogens with one attached hydrogen (secondary N) is 1. The fourth-order valence-electron chi connectivity index (χ4n) is 1.24. The highest BCUT2D eigenvalue weighted by Crippen LogP contribution is 2.06. The normalized spacial score (nSPS) is 12.5. The van der Waals surface area contributed by atoms with Crippen LogP contribution in [0, 0.1) is 0 Å². The van der Waals surface area contributed by atoms with Crippen LogP contribution in [0.3, 0.4) is 0 Å². The second-order valence-electron chi connectivity index (χ2n) is 3.47. The molecule has 0 bridgehead atoms. The first-order valence-electron chi connectivity index (χ1n) is 5.15. The topological polar surface area (TPSA) is 67.3 Å². The smallest absolute Gasteiger partial charge is 0.245 e. The van der Waals surface area contributed by atoms with Gasteiger partial charge in [-0.05, 0) is 22.4 Å². The van der Waals surface area contributed by atoms with Crippen LogP contribution in [0.15, 0.2) is 23.0 Å². The van der Waals surface area contributed by atoms with Crippen molar-refractivity contribution in [2.24, 2.45) is 0 Å². The van der Waals surface area contributed by atoms with E-state index in [9.17, 15) is 5.11 Å². The van der Waals surface area contributed by atoms with Gasteiger partial charge in [0.2, 0.25) is 5.88 Å². The molecule has 2 aromatic rings. The van der Waals surface area contributed by atoms with Crippen LogP contribution in [0.4, 0.5) is 0 Å². The van der Waals surface area contributed by atoms with Gasteiger partial charge in [0.15, 0.2) is 0 Å². The summed E-state index contributed by atoms with van der Waals surface area (Å²) in [7, 11) is 0. The van der Waals surface area contributed by atoms with Crippen molar-refractivity contribution < 1.29 is 9.84 Å². The molecule has 0 aromatic carbocycles. The molecule has 2 heterocycles. The first-order valence-corrected chi connectivity index (χ1v) is 6.82. The van der Waals surface area contributed by atoms with Crippen LogP contribution in [-0.4, -0.2) is 33.1 Å². The Kier molecular flexibility index (Phi) is 4.87. The third kappa shape index (κ3) is 4.39. The summed E-state index contributed by atoms with van der Waals surface area (Å²) in [6.45, 7) is 1.48. The van der Waals surface area contributed by atoms with Crippen molar-refractivity contribution >= 4 is 23.1 Å². The number of ether oxygens (including phenoxy) is 1. The van der Waals surface area contributed by atoms with E-state index in [0.29, 0.717) is 12.4 Å². The standard InChI is InChI=1S/C10H13N3O2S2/c14-9(6-15-10-5-12-17-13-10)4-11-3-8-1-2-16-7-8/h1-2,5,7,9,11,14H,3-4,6H2. The van der Waals surface area contributed by atoms with Crippen molar-refractivity contribution in [2.45, 2.75) is 12.6 Å². The highest BCUT2D eigenvalue weighted by molar-refractivity contribution is 7.07. The second-order valence-corrected chi connectivity index (χ2v) is 4.81. The summed E-state index contributed by atoms with van der Waals surface area (Å²) in [5, 5.41) is 16.9. The number of hydrogen-bond donors (Lipinski definition) is 2. The molecule has 17 heavy (non-hydrogen) atoms. The second kappa shape index (κ2) is 6.65. The van der Waals surface area contributed by atoms with Crippen LogP contribution >= 0.6 is 23.1 Å². The maximum Gasteiger partial charge on any atom is 0.245 e. The lowest BCUT2D eigenvalue weighted by Gasteiger charge is -2.11. The third-order valence-electron chi connectivity index (χ3n) is 2.05. The number of nitrogens with zero attached hydrogens (tertiary/aromatic N) is 2. The molecule has 92 valence electrons. The van der Waals surface area contributed by atoms with E-state index in [1.807, 2.05) is 5.38 Å². The summed E-state index contributed by atoms with van der Waals surface area (Å²) < 4.78 is 12.9. The number of aliphatic hydroxyl groups excluding tert-OH is 1. The van der Waals surface area contributed by atoms with Crippen LogP contribution in [0.5, 0.6) is 5.88 Å². The zero-order valence-electron chi connectivity index (χ0n) is 9.07. The molecule has 1 unspecified atom stereocenters. The molecule has 0 spiro atoms. The molecule has 2 rings (SSSR count). The molecular weight excluding hydrogens is 258 g/mol. The van der Waals surface area contributed by atoms with E-state index in [4.69, 9.17) is 4.74 Å². The van der Waals surface area contributed by atoms with Crippen LogP contribution < -0.4 is 10.1 Å². The minimum atomic E-state index is -0.546.